The quantitative estimate of drug-likeness (QED) is 0.846. The number of anilines is 1. The van der Waals surface area contributed by atoms with E-state index in [0.29, 0.717) is 0 Å². The molecule has 1 fully saturated rings. The maximum absolute atomic E-state index is 12.6. The number of para-hydroxylation sites is 1. The van der Waals surface area contributed by atoms with Crippen LogP contribution in [0.15, 0.2) is 60.7 Å². The molecule has 1 aliphatic heterocycles. The Bertz CT molecular complexity index is 688. The zero-order valence-electron chi connectivity index (χ0n) is 13.8. The van der Waals surface area contributed by atoms with Crippen LogP contribution in [0.1, 0.15) is 25.5 Å². The maximum Gasteiger partial charge on any atom is 0.315 e. The SMILES string of the molecule is CCOC(=O)C1C(c2ccccc2)NN(c2ccccc2)C1(C)O. The maximum atomic E-state index is 12.6. The third-order valence-electron chi connectivity index (χ3n) is 4.36. The van der Waals surface area contributed by atoms with Crippen molar-refractivity contribution in [3.05, 3.63) is 66.2 Å². The summed E-state index contributed by atoms with van der Waals surface area (Å²) in [4.78, 5) is 12.6. The largest absolute Gasteiger partial charge is 0.466 e. The first-order valence-corrected chi connectivity index (χ1v) is 8.11. The van der Waals surface area contributed by atoms with Gasteiger partial charge in [0.05, 0.1) is 18.3 Å². The van der Waals surface area contributed by atoms with Crippen LogP contribution in [-0.4, -0.2) is 23.4 Å². The summed E-state index contributed by atoms with van der Waals surface area (Å²) in [7, 11) is 0. The van der Waals surface area contributed by atoms with Crippen molar-refractivity contribution in [3.8, 4) is 0 Å². The number of hydrogen-bond donors (Lipinski definition) is 2. The molecule has 0 amide bonds. The molecule has 0 bridgehead atoms. The summed E-state index contributed by atoms with van der Waals surface area (Å²) >= 11 is 0. The van der Waals surface area contributed by atoms with E-state index in [2.05, 4.69) is 5.43 Å². The highest BCUT2D eigenvalue weighted by atomic mass is 16.5. The molecule has 0 spiro atoms. The Morgan fingerprint density at radius 2 is 1.75 bits per heavy atom. The summed E-state index contributed by atoms with van der Waals surface area (Å²) in [5.41, 5.74) is 3.58. The number of esters is 1. The summed E-state index contributed by atoms with van der Waals surface area (Å²) in [5, 5.41) is 12.8. The molecule has 3 rings (SSSR count). The highest BCUT2D eigenvalue weighted by Gasteiger charge is 2.55. The number of benzene rings is 2. The van der Waals surface area contributed by atoms with Crippen molar-refractivity contribution in [2.24, 2.45) is 5.92 Å². The van der Waals surface area contributed by atoms with Crippen molar-refractivity contribution in [1.29, 1.82) is 0 Å². The normalized spacial score (nSPS) is 26.4. The Balaban J connectivity index is 2.02. The van der Waals surface area contributed by atoms with Gasteiger partial charge in [-0.2, -0.15) is 0 Å². The molecule has 126 valence electrons. The smallest absolute Gasteiger partial charge is 0.315 e. The molecule has 0 radical (unpaired) electrons. The van der Waals surface area contributed by atoms with E-state index in [9.17, 15) is 9.90 Å². The fraction of sp³-hybridized carbons (Fsp3) is 0.316. The van der Waals surface area contributed by atoms with Crippen LogP contribution >= 0.6 is 0 Å². The fourth-order valence-electron chi connectivity index (χ4n) is 3.23. The molecular weight excluding hydrogens is 304 g/mol. The van der Waals surface area contributed by atoms with Crippen LogP contribution in [0.5, 0.6) is 0 Å². The van der Waals surface area contributed by atoms with Gasteiger partial charge < -0.3 is 9.84 Å². The zero-order chi connectivity index (χ0) is 17.2. The Labute approximate surface area is 141 Å². The van der Waals surface area contributed by atoms with Crippen LogP contribution < -0.4 is 10.4 Å². The molecule has 3 unspecified atom stereocenters. The predicted octanol–water partition coefficient (Wildman–Crippen LogP) is 2.64. The molecule has 3 atom stereocenters. The van der Waals surface area contributed by atoms with Crippen LogP contribution in [0, 0.1) is 5.92 Å². The Hall–Kier alpha value is -2.37. The first kappa shape index (κ1) is 16.5. The topological polar surface area (TPSA) is 61.8 Å². The van der Waals surface area contributed by atoms with Crippen molar-refractivity contribution in [2.45, 2.75) is 25.6 Å². The molecular formula is C19H22N2O3. The van der Waals surface area contributed by atoms with Crippen LogP contribution in [0.2, 0.25) is 0 Å². The van der Waals surface area contributed by atoms with Gasteiger partial charge in [-0.05, 0) is 31.5 Å². The van der Waals surface area contributed by atoms with Gasteiger partial charge in [-0.1, -0.05) is 48.5 Å². The lowest BCUT2D eigenvalue weighted by atomic mass is 9.87. The number of nitrogens with one attached hydrogen (secondary N) is 1. The van der Waals surface area contributed by atoms with E-state index in [-0.39, 0.29) is 12.6 Å². The van der Waals surface area contributed by atoms with Gasteiger partial charge in [0.25, 0.3) is 0 Å². The number of rotatable bonds is 4. The van der Waals surface area contributed by atoms with E-state index in [1.807, 2.05) is 60.7 Å². The van der Waals surface area contributed by atoms with E-state index < -0.39 is 17.6 Å². The molecule has 0 saturated carbocycles. The number of aliphatic hydroxyl groups is 1. The van der Waals surface area contributed by atoms with Crippen molar-refractivity contribution >= 4 is 11.7 Å². The van der Waals surface area contributed by atoms with Gasteiger partial charge in [0, 0.05) is 0 Å². The number of hydrogen-bond acceptors (Lipinski definition) is 5. The number of nitrogens with zero attached hydrogens (tertiary/aromatic N) is 1. The van der Waals surface area contributed by atoms with Crippen molar-refractivity contribution in [2.75, 3.05) is 11.6 Å². The van der Waals surface area contributed by atoms with Crippen molar-refractivity contribution in [3.63, 3.8) is 0 Å². The molecule has 1 saturated heterocycles. The summed E-state index contributed by atoms with van der Waals surface area (Å²) in [6.45, 7) is 3.68. The predicted molar refractivity (Wildman–Crippen MR) is 92.0 cm³/mol. The Morgan fingerprint density at radius 3 is 2.33 bits per heavy atom. The lowest BCUT2D eigenvalue weighted by molar-refractivity contribution is -0.155. The molecule has 1 heterocycles. The molecule has 0 aromatic heterocycles. The lowest BCUT2D eigenvalue weighted by Gasteiger charge is -2.33. The van der Waals surface area contributed by atoms with E-state index in [1.54, 1.807) is 18.9 Å². The number of carbonyl (C=O) groups excluding carboxylic acids is 1. The van der Waals surface area contributed by atoms with Crippen LogP contribution in [0.3, 0.4) is 0 Å². The minimum absolute atomic E-state index is 0.276. The van der Waals surface area contributed by atoms with Gasteiger partial charge in [-0.3, -0.25) is 9.80 Å². The number of carbonyl (C=O) groups is 1. The molecule has 1 aliphatic rings. The number of ether oxygens (including phenoxy) is 1. The van der Waals surface area contributed by atoms with E-state index in [1.165, 1.54) is 0 Å². The minimum Gasteiger partial charge on any atom is -0.466 e. The van der Waals surface area contributed by atoms with Crippen LogP contribution in [0.4, 0.5) is 5.69 Å². The van der Waals surface area contributed by atoms with Crippen LogP contribution in [-0.2, 0) is 9.53 Å². The van der Waals surface area contributed by atoms with Crippen LogP contribution in [0.25, 0.3) is 0 Å². The molecule has 0 aliphatic carbocycles. The average Bonchev–Trinajstić information content (AvgIpc) is 2.88. The van der Waals surface area contributed by atoms with Gasteiger partial charge in [0.2, 0.25) is 0 Å². The zero-order valence-corrected chi connectivity index (χ0v) is 13.8. The highest BCUT2D eigenvalue weighted by Crippen LogP contribution is 2.42. The van der Waals surface area contributed by atoms with E-state index >= 15 is 0 Å². The molecule has 2 aromatic rings. The van der Waals surface area contributed by atoms with Gasteiger partial charge in [0.15, 0.2) is 5.72 Å². The monoisotopic (exact) mass is 326 g/mol. The molecule has 2 aromatic carbocycles. The lowest BCUT2D eigenvalue weighted by Crippen LogP contribution is -2.50. The standard InChI is InChI=1S/C19H22N2O3/c1-3-24-18(22)16-17(14-10-6-4-7-11-14)20-21(19(16,2)23)15-12-8-5-9-13-15/h4-13,16-17,20,23H,3H2,1-2H3. The second-order valence-corrected chi connectivity index (χ2v) is 6.01. The van der Waals surface area contributed by atoms with Gasteiger partial charge in [-0.25, -0.2) is 5.43 Å². The molecule has 24 heavy (non-hydrogen) atoms. The summed E-state index contributed by atoms with van der Waals surface area (Å²) in [6, 6.07) is 18.7. The summed E-state index contributed by atoms with van der Waals surface area (Å²) < 4.78 is 5.23. The third kappa shape index (κ3) is 2.88. The van der Waals surface area contributed by atoms with Gasteiger partial charge in [0.1, 0.15) is 5.92 Å². The van der Waals surface area contributed by atoms with E-state index in [0.717, 1.165) is 11.3 Å². The second-order valence-electron chi connectivity index (χ2n) is 6.01. The fourth-order valence-corrected chi connectivity index (χ4v) is 3.23. The summed E-state index contributed by atoms with van der Waals surface area (Å²) in [6.07, 6.45) is 0. The first-order chi connectivity index (χ1) is 11.6. The number of hydrazine groups is 1. The average molecular weight is 326 g/mol. The molecule has 5 nitrogen and oxygen atoms in total. The highest BCUT2D eigenvalue weighted by molar-refractivity contribution is 5.77. The molecule has 5 heteroatoms. The van der Waals surface area contributed by atoms with Crippen molar-refractivity contribution in [1.82, 2.24) is 5.43 Å². The third-order valence-corrected chi connectivity index (χ3v) is 4.36. The Kier molecular flexibility index (Phi) is 4.55. The second kappa shape index (κ2) is 6.63. The first-order valence-electron chi connectivity index (χ1n) is 8.11. The van der Waals surface area contributed by atoms with Crippen molar-refractivity contribution < 1.29 is 14.6 Å². The Morgan fingerprint density at radius 1 is 1.17 bits per heavy atom. The molecule has 2 N–H and O–H groups in total. The van der Waals surface area contributed by atoms with Gasteiger partial charge in [-0.15, -0.1) is 0 Å². The summed E-state index contributed by atoms with van der Waals surface area (Å²) in [5.74, 6) is -1.16. The minimum atomic E-state index is -1.42. The van der Waals surface area contributed by atoms with E-state index in [4.69, 9.17) is 4.74 Å². The van der Waals surface area contributed by atoms with Gasteiger partial charge >= 0.3 is 5.97 Å².